The quantitative estimate of drug-likeness (QED) is 0.761. The first-order chi connectivity index (χ1) is 8.15. The Bertz CT molecular complexity index is 433. The Hall–Kier alpha value is -1.88. The van der Waals surface area contributed by atoms with Gasteiger partial charge >= 0.3 is 0 Å². The number of hydrogen-bond acceptors (Lipinski definition) is 3. The Morgan fingerprint density at radius 1 is 1.35 bits per heavy atom. The second kappa shape index (κ2) is 4.55. The maximum atomic E-state index is 11.9. The SMILES string of the molecule is NCC1C(C(N)=O)CC(=O)N1c1ccccc1. The van der Waals surface area contributed by atoms with Crippen molar-refractivity contribution in [3.63, 3.8) is 0 Å². The van der Waals surface area contributed by atoms with Gasteiger partial charge in [-0.15, -0.1) is 0 Å². The van der Waals surface area contributed by atoms with Crippen molar-refractivity contribution < 1.29 is 9.59 Å². The molecule has 0 bridgehead atoms. The summed E-state index contributed by atoms with van der Waals surface area (Å²) in [5, 5.41) is 0. The Morgan fingerprint density at radius 2 is 2.00 bits per heavy atom. The highest BCUT2D eigenvalue weighted by Gasteiger charge is 2.42. The molecule has 1 aromatic rings. The molecule has 2 amide bonds. The average Bonchev–Trinajstić information content (AvgIpc) is 2.67. The molecule has 4 N–H and O–H groups in total. The van der Waals surface area contributed by atoms with Crippen LogP contribution in [0.5, 0.6) is 0 Å². The summed E-state index contributed by atoms with van der Waals surface area (Å²) in [6, 6.07) is 8.87. The van der Waals surface area contributed by atoms with Crippen LogP contribution in [0.15, 0.2) is 30.3 Å². The zero-order chi connectivity index (χ0) is 12.4. The highest BCUT2D eigenvalue weighted by atomic mass is 16.2. The Balaban J connectivity index is 2.34. The summed E-state index contributed by atoms with van der Waals surface area (Å²) in [5.41, 5.74) is 11.7. The fourth-order valence-corrected chi connectivity index (χ4v) is 2.27. The van der Waals surface area contributed by atoms with E-state index in [2.05, 4.69) is 0 Å². The van der Waals surface area contributed by atoms with Gasteiger partial charge in [-0.25, -0.2) is 0 Å². The molecule has 90 valence electrons. The number of nitrogens with zero attached hydrogens (tertiary/aromatic N) is 1. The molecule has 2 rings (SSSR count). The van der Waals surface area contributed by atoms with Crippen molar-refractivity contribution in [1.29, 1.82) is 0 Å². The summed E-state index contributed by atoms with van der Waals surface area (Å²) in [6.45, 7) is 0.230. The van der Waals surface area contributed by atoms with Gasteiger partial charge in [-0.1, -0.05) is 18.2 Å². The molecule has 0 aromatic heterocycles. The molecule has 17 heavy (non-hydrogen) atoms. The summed E-state index contributed by atoms with van der Waals surface area (Å²) in [5.74, 6) is -1.06. The van der Waals surface area contributed by atoms with Crippen molar-refractivity contribution in [1.82, 2.24) is 0 Å². The molecule has 0 radical (unpaired) electrons. The molecular weight excluding hydrogens is 218 g/mol. The fourth-order valence-electron chi connectivity index (χ4n) is 2.27. The molecule has 5 heteroatoms. The van der Waals surface area contributed by atoms with Crippen LogP contribution >= 0.6 is 0 Å². The number of anilines is 1. The van der Waals surface area contributed by atoms with E-state index in [0.29, 0.717) is 0 Å². The summed E-state index contributed by atoms with van der Waals surface area (Å²) >= 11 is 0. The van der Waals surface area contributed by atoms with E-state index in [9.17, 15) is 9.59 Å². The third-order valence-electron chi connectivity index (χ3n) is 3.10. The van der Waals surface area contributed by atoms with Crippen LogP contribution in [0.3, 0.4) is 0 Å². The van der Waals surface area contributed by atoms with E-state index in [1.165, 1.54) is 0 Å². The van der Waals surface area contributed by atoms with Crippen LogP contribution in [-0.4, -0.2) is 24.4 Å². The van der Waals surface area contributed by atoms with E-state index in [-0.39, 0.29) is 24.9 Å². The van der Waals surface area contributed by atoms with E-state index in [1.807, 2.05) is 30.3 Å². The standard InChI is InChI=1S/C12H15N3O2/c13-7-10-9(12(14)17)6-11(16)15(10)8-4-2-1-3-5-8/h1-5,9-10H,6-7,13H2,(H2,14,17). The first-order valence-corrected chi connectivity index (χ1v) is 5.51. The average molecular weight is 233 g/mol. The summed E-state index contributed by atoms with van der Waals surface area (Å²) in [4.78, 5) is 24.8. The van der Waals surface area contributed by atoms with Crippen molar-refractivity contribution in [3.8, 4) is 0 Å². The number of nitrogens with two attached hydrogens (primary N) is 2. The first kappa shape index (κ1) is 11.6. The molecule has 1 saturated heterocycles. The predicted molar refractivity (Wildman–Crippen MR) is 64.1 cm³/mol. The number of benzene rings is 1. The third kappa shape index (κ3) is 2.01. The topological polar surface area (TPSA) is 89.4 Å². The Labute approximate surface area is 99.4 Å². The number of carbonyl (C=O) groups is 2. The lowest BCUT2D eigenvalue weighted by molar-refractivity contribution is -0.124. The van der Waals surface area contributed by atoms with Crippen molar-refractivity contribution in [2.75, 3.05) is 11.4 Å². The molecule has 1 heterocycles. The van der Waals surface area contributed by atoms with E-state index in [1.54, 1.807) is 4.90 Å². The number of primary amides is 1. The molecule has 5 nitrogen and oxygen atoms in total. The minimum absolute atomic E-state index is 0.101. The molecule has 1 aromatic carbocycles. The Morgan fingerprint density at radius 3 is 2.53 bits per heavy atom. The molecule has 2 atom stereocenters. The van der Waals surface area contributed by atoms with Crippen LogP contribution in [0.1, 0.15) is 6.42 Å². The van der Waals surface area contributed by atoms with Crippen LogP contribution < -0.4 is 16.4 Å². The van der Waals surface area contributed by atoms with E-state index in [0.717, 1.165) is 5.69 Å². The lowest BCUT2D eigenvalue weighted by Gasteiger charge is -2.25. The van der Waals surface area contributed by atoms with E-state index < -0.39 is 11.8 Å². The van der Waals surface area contributed by atoms with Gasteiger partial charge in [0.1, 0.15) is 0 Å². The fraction of sp³-hybridized carbons (Fsp3) is 0.333. The molecule has 1 fully saturated rings. The Kier molecular flexibility index (Phi) is 3.10. The van der Waals surface area contributed by atoms with Crippen molar-refractivity contribution in [2.24, 2.45) is 17.4 Å². The van der Waals surface area contributed by atoms with Gasteiger partial charge in [0, 0.05) is 18.7 Å². The summed E-state index contributed by atoms with van der Waals surface area (Å²) in [6.07, 6.45) is 0.145. The predicted octanol–water partition coefficient (Wildman–Crippen LogP) is -0.148. The largest absolute Gasteiger partial charge is 0.369 e. The van der Waals surface area contributed by atoms with Crippen LogP contribution in [0, 0.1) is 5.92 Å². The summed E-state index contributed by atoms with van der Waals surface area (Å²) < 4.78 is 0. The first-order valence-electron chi connectivity index (χ1n) is 5.51. The number of para-hydroxylation sites is 1. The lowest BCUT2D eigenvalue weighted by atomic mass is 10.00. The van der Waals surface area contributed by atoms with Gasteiger partial charge in [-0.2, -0.15) is 0 Å². The monoisotopic (exact) mass is 233 g/mol. The van der Waals surface area contributed by atoms with Crippen molar-refractivity contribution in [2.45, 2.75) is 12.5 Å². The second-order valence-corrected chi connectivity index (χ2v) is 4.12. The lowest BCUT2D eigenvalue weighted by Crippen LogP contribution is -2.44. The highest BCUT2D eigenvalue weighted by molar-refractivity contribution is 6.01. The summed E-state index contributed by atoms with van der Waals surface area (Å²) in [7, 11) is 0. The van der Waals surface area contributed by atoms with Crippen molar-refractivity contribution in [3.05, 3.63) is 30.3 Å². The van der Waals surface area contributed by atoms with Gasteiger partial charge in [-0.05, 0) is 12.1 Å². The van der Waals surface area contributed by atoms with Gasteiger partial charge in [0.25, 0.3) is 0 Å². The molecule has 1 aliphatic heterocycles. The van der Waals surface area contributed by atoms with E-state index in [4.69, 9.17) is 11.5 Å². The van der Waals surface area contributed by atoms with Crippen LogP contribution in [0.2, 0.25) is 0 Å². The zero-order valence-corrected chi connectivity index (χ0v) is 9.37. The van der Waals surface area contributed by atoms with Crippen LogP contribution in [0.25, 0.3) is 0 Å². The molecule has 0 saturated carbocycles. The van der Waals surface area contributed by atoms with Crippen LogP contribution in [-0.2, 0) is 9.59 Å². The van der Waals surface area contributed by atoms with Crippen molar-refractivity contribution >= 4 is 17.5 Å². The van der Waals surface area contributed by atoms with Gasteiger partial charge in [0.05, 0.1) is 12.0 Å². The zero-order valence-electron chi connectivity index (χ0n) is 9.37. The number of rotatable bonds is 3. The molecule has 0 spiro atoms. The number of carbonyl (C=O) groups excluding carboxylic acids is 2. The minimum atomic E-state index is -0.493. The molecular formula is C12H15N3O2. The molecule has 1 aliphatic rings. The number of hydrogen-bond donors (Lipinski definition) is 2. The normalized spacial score (nSPS) is 24.1. The molecule has 0 aliphatic carbocycles. The molecule has 2 unspecified atom stereocenters. The van der Waals surface area contributed by atoms with E-state index >= 15 is 0 Å². The minimum Gasteiger partial charge on any atom is -0.369 e. The van der Waals surface area contributed by atoms with Gasteiger partial charge < -0.3 is 16.4 Å². The maximum absolute atomic E-state index is 11.9. The second-order valence-electron chi connectivity index (χ2n) is 4.12. The smallest absolute Gasteiger partial charge is 0.228 e. The van der Waals surface area contributed by atoms with Gasteiger partial charge in [0.15, 0.2) is 0 Å². The third-order valence-corrected chi connectivity index (χ3v) is 3.10. The van der Waals surface area contributed by atoms with Crippen LogP contribution in [0.4, 0.5) is 5.69 Å². The number of amides is 2. The van der Waals surface area contributed by atoms with Gasteiger partial charge in [0.2, 0.25) is 11.8 Å². The van der Waals surface area contributed by atoms with Gasteiger partial charge in [-0.3, -0.25) is 9.59 Å². The highest BCUT2D eigenvalue weighted by Crippen LogP contribution is 2.30. The maximum Gasteiger partial charge on any atom is 0.228 e.